The van der Waals surface area contributed by atoms with E-state index in [-0.39, 0.29) is 6.29 Å². The number of hydrogen-bond acceptors (Lipinski definition) is 1. The van der Waals surface area contributed by atoms with Crippen LogP contribution in [0, 0.1) is 0 Å². The maximum atomic E-state index is 12.6. The highest BCUT2D eigenvalue weighted by molar-refractivity contribution is 6.30. The molecule has 58 valence electrons. The Balaban J connectivity index is 2.89. The van der Waals surface area contributed by atoms with Crippen LogP contribution in [-0.4, -0.2) is 6.29 Å². The molecule has 0 unspecified atom stereocenters. The molecule has 0 N–H and O–H groups in total. The van der Waals surface area contributed by atoms with E-state index in [1.165, 1.54) is 12.1 Å². The van der Waals surface area contributed by atoms with Crippen molar-refractivity contribution in [2.45, 2.75) is 6.17 Å². The lowest BCUT2D eigenvalue weighted by atomic mass is 10.1. The maximum absolute atomic E-state index is 12.6. The van der Waals surface area contributed by atoms with Crippen LogP contribution in [0.15, 0.2) is 24.3 Å². The van der Waals surface area contributed by atoms with Crippen LogP contribution in [0.5, 0.6) is 0 Å². The molecule has 1 atom stereocenters. The molecule has 0 aromatic heterocycles. The van der Waals surface area contributed by atoms with Crippen LogP contribution < -0.4 is 0 Å². The first kappa shape index (κ1) is 8.21. The van der Waals surface area contributed by atoms with E-state index < -0.39 is 6.17 Å². The molecule has 3 heteroatoms. The highest BCUT2D eigenvalue weighted by Crippen LogP contribution is 2.17. The lowest BCUT2D eigenvalue weighted by Gasteiger charge is -1.98. The smallest absolute Gasteiger partial charge is 0.180 e. The van der Waals surface area contributed by atoms with E-state index >= 15 is 0 Å². The van der Waals surface area contributed by atoms with Gasteiger partial charge in [-0.25, -0.2) is 4.39 Å². The molecule has 0 aliphatic rings. The van der Waals surface area contributed by atoms with Crippen LogP contribution in [0.3, 0.4) is 0 Å². The molecule has 0 spiro atoms. The van der Waals surface area contributed by atoms with Crippen molar-refractivity contribution in [3.05, 3.63) is 34.9 Å². The minimum Gasteiger partial charge on any atom is -0.300 e. The molecule has 0 bridgehead atoms. The molecule has 0 aliphatic carbocycles. The van der Waals surface area contributed by atoms with E-state index in [9.17, 15) is 9.18 Å². The number of hydrogen-bond donors (Lipinski definition) is 0. The third-order valence-corrected chi connectivity index (χ3v) is 1.56. The minimum atomic E-state index is -1.53. The van der Waals surface area contributed by atoms with E-state index in [1.807, 2.05) is 0 Å². The van der Waals surface area contributed by atoms with Gasteiger partial charge in [0.1, 0.15) is 0 Å². The van der Waals surface area contributed by atoms with Gasteiger partial charge in [0.05, 0.1) is 0 Å². The summed E-state index contributed by atoms with van der Waals surface area (Å²) in [4.78, 5) is 9.98. The van der Waals surface area contributed by atoms with Gasteiger partial charge in [0.2, 0.25) is 0 Å². The fraction of sp³-hybridized carbons (Fsp3) is 0.125. The molecule has 1 rings (SSSR count). The zero-order chi connectivity index (χ0) is 8.27. The van der Waals surface area contributed by atoms with Crippen molar-refractivity contribution in [2.24, 2.45) is 0 Å². The number of carbonyl (C=O) groups excluding carboxylic acids is 1. The van der Waals surface area contributed by atoms with E-state index in [0.717, 1.165) is 0 Å². The molecule has 1 nitrogen and oxygen atoms in total. The zero-order valence-corrected chi connectivity index (χ0v) is 6.38. The molecule has 11 heavy (non-hydrogen) atoms. The summed E-state index contributed by atoms with van der Waals surface area (Å²) in [6.07, 6.45) is -1.28. The fourth-order valence-electron chi connectivity index (χ4n) is 0.725. The Hall–Kier alpha value is -0.890. The van der Waals surface area contributed by atoms with Gasteiger partial charge in [-0.05, 0) is 17.7 Å². The first-order chi connectivity index (χ1) is 5.24. The van der Waals surface area contributed by atoms with E-state index in [0.29, 0.717) is 10.6 Å². The standard InChI is InChI=1S/C8H6ClFO/c9-7-3-1-6(2-4-7)8(10)5-11/h1-5,8H/t8-/m1/s1. The lowest BCUT2D eigenvalue weighted by molar-refractivity contribution is -0.112. The summed E-state index contributed by atoms with van der Waals surface area (Å²) in [5.41, 5.74) is 0.337. The van der Waals surface area contributed by atoms with Crippen molar-refractivity contribution in [1.82, 2.24) is 0 Å². The van der Waals surface area contributed by atoms with Crippen LogP contribution >= 0.6 is 11.6 Å². The van der Waals surface area contributed by atoms with Crippen molar-refractivity contribution in [1.29, 1.82) is 0 Å². The monoisotopic (exact) mass is 172 g/mol. The number of benzene rings is 1. The fourth-order valence-corrected chi connectivity index (χ4v) is 0.851. The molecule has 0 heterocycles. The number of aldehydes is 1. The van der Waals surface area contributed by atoms with Gasteiger partial charge in [-0.3, -0.25) is 4.79 Å². The lowest BCUT2D eigenvalue weighted by Crippen LogP contribution is -1.90. The molecule has 0 radical (unpaired) electrons. The van der Waals surface area contributed by atoms with Gasteiger partial charge in [-0.15, -0.1) is 0 Å². The van der Waals surface area contributed by atoms with Crippen molar-refractivity contribution in [2.75, 3.05) is 0 Å². The van der Waals surface area contributed by atoms with Gasteiger partial charge in [0.15, 0.2) is 12.5 Å². The number of alkyl halides is 1. The highest BCUT2D eigenvalue weighted by Gasteiger charge is 2.05. The molecule has 0 saturated carbocycles. The van der Waals surface area contributed by atoms with Crippen molar-refractivity contribution in [3.8, 4) is 0 Å². The highest BCUT2D eigenvalue weighted by atomic mass is 35.5. The zero-order valence-electron chi connectivity index (χ0n) is 5.63. The summed E-state index contributed by atoms with van der Waals surface area (Å²) in [7, 11) is 0. The molecule has 1 aromatic carbocycles. The predicted octanol–water partition coefficient (Wildman–Crippen LogP) is 2.55. The van der Waals surface area contributed by atoms with Crippen molar-refractivity contribution >= 4 is 17.9 Å². The first-order valence-electron chi connectivity index (χ1n) is 3.09. The summed E-state index contributed by atoms with van der Waals surface area (Å²) in [5.74, 6) is 0. The first-order valence-corrected chi connectivity index (χ1v) is 3.46. The quantitative estimate of drug-likeness (QED) is 0.627. The summed E-state index contributed by atoms with van der Waals surface area (Å²) in [6.45, 7) is 0. The van der Waals surface area contributed by atoms with E-state index in [1.54, 1.807) is 12.1 Å². The van der Waals surface area contributed by atoms with Crippen molar-refractivity contribution in [3.63, 3.8) is 0 Å². The van der Waals surface area contributed by atoms with E-state index in [2.05, 4.69) is 0 Å². The minimum absolute atomic E-state index is 0.253. The topological polar surface area (TPSA) is 17.1 Å². The summed E-state index contributed by atoms with van der Waals surface area (Å²) in [5, 5.41) is 0.534. The van der Waals surface area contributed by atoms with E-state index in [4.69, 9.17) is 11.6 Å². The summed E-state index contributed by atoms with van der Waals surface area (Å²) >= 11 is 5.55. The van der Waals surface area contributed by atoms with Gasteiger partial charge >= 0.3 is 0 Å². The Morgan fingerprint density at radius 3 is 2.36 bits per heavy atom. The number of rotatable bonds is 2. The predicted molar refractivity (Wildman–Crippen MR) is 41.4 cm³/mol. The molecule has 0 saturated heterocycles. The molecule has 1 aromatic rings. The maximum Gasteiger partial charge on any atom is 0.180 e. The number of carbonyl (C=O) groups is 1. The Morgan fingerprint density at radius 1 is 1.36 bits per heavy atom. The van der Waals surface area contributed by atoms with Gasteiger partial charge in [-0.1, -0.05) is 23.7 Å². The average molecular weight is 173 g/mol. The Morgan fingerprint density at radius 2 is 1.91 bits per heavy atom. The van der Waals surface area contributed by atoms with Crippen LogP contribution in [0.25, 0.3) is 0 Å². The summed E-state index contributed by atoms with van der Waals surface area (Å²) < 4.78 is 12.6. The second kappa shape index (κ2) is 3.49. The summed E-state index contributed by atoms with van der Waals surface area (Å²) in [6, 6.07) is 6.07. The Labute approximate surface area is 68.8 Å². The molecule has 0 fully saturated rings. The average Bonchev–Trinajstić information content (AvgIpc) is 2.05. The normalized spacial score (nSPS) is 12.5. The van der Waals surface area contributed by atoms with Crippen molar-refractivity contribution < 1.29 is 9.18 Å². The van der Waals surface area contributed by atoms with Crippen LogP contribution in [-0.2, 0) is 4.79 Å². The van der Waals surface area contributed by atoms with Crippen LogP contribution in [0.1, 0.15) is 11.7 Å². The van der Waals surface area contributed by atoms with Gasteiger partial charge in [0.25, 0.3) is 0 Å². The Kier molecular flexibility index (Phi) is 2.60. The SMILES string of the molecule is O=C[C@@H](F)c1ccc(Cl)cc1. The molecule has 0 aliphatic heterocycles. The second-order valence-corrected chi connectivity index (χ2v) is 2.53. The molecular weight excluding hydrogens is 167 g/mol. The van der Waals surface area contributed by atoms with Gasteiger partial charge < -0.3 is 0 Å². The van der Waals surface area contributed by atoms with Crippen LogP contribution in [0.2, 0.25) is 5.02 Å². The molecular formula is C8H6ClFO. The van der Waals surface area contributed by atoms with Crippen LogP contribution in [0.4, 0.5) is 4.39 Å². The molecule has 0 amide bonds. The largest absolute Gasteiger partial charge is 0.300 e. The van der Waals surface area contributed by atoms with Gasteiger partial charge in [-0.2, -0.15) is 0 Å². The third-order valence-electron chi connectivity index (χ3n) is 1.31. The second-order valence-electron chi connectivity index (χ2n) is 2.09. The number of halogens is 2. The van der Waals surface area contributed by atoms with Gasteiger partial charge in [0, 0.05) is 5.02 Å². The third kappa shape index (κ3) is 2.02. The Bertz CT molecular complexity index is 245.